The van der Waals surface area contributed by atoms with Crippen LogP contribution in [0.25, 0.3) is 0 Å². The second-order valence-corrected chi connectivity index (χ2v) is 5.60. The molecule has 0 aromatic heterocycles. The van der Waals surface area contributed by atoms with Crippen LogP contribution in [0.1, 0.15) is 45.4 Å². The van der Waals surface area contributed by atoms with Crippen molar-refractivity contribution >= 4 is 12.0 Å². The summed E-state index contributed by atoms with van der Waals surface area (Å²) in [6.45, 7) is 2.44. The van der Waals surface area contributed by atoms with Gasteiger partial charge in [0.15, 0.2) is 0 Å². The zero-order chi connectivity index (χ0) is 14.3. The molecule has 1 saturated carbocycles. The van der Waals surface area contributed by atoms with E-state index in [1.807, 2.05) is 0 Å². The highest BCUT2D eigenvalue weighted by Gasteiger charge is 2.27. The first-order chi connectivity index (χ1) is 8.97. The number of aliphatic hydroxyl groups is 1. The predicted molar refractivity (Wildman–Crippen MR) is 70.9 cm³/mol. The van der Waals surface area contributed by atoms with Gasteiger partial charge in [-0.1, -0.05) is 26.2 Å². The lowest BCUT2D eigenvalue weighted by atomic mass is 9.76. The average molecular weight is 272 g/mol. The van der Waals surface area contributed by atoms with Crippen molar-refractivity contribution in [1.29, 1.82) is 0 Å². The fourth-order valence-electron chi connectivity index (χ4n) is 2.47. The minimum atomic E-state index is -1.13. The summed E-state index contributed by atoms with van der Waals surface area (Å²) in [5.41, 5.74) is 0.116. The number of carboxylic acid groups (broad SMARTS) is 1. The summed E-state index contributed by atoms with van der Waals surface area (Å²) in [6, 6.07) is -1.52. The lowest BCUT2D eigenvalue weighted by Crippen LogP contribution is -2.48. The van der Waals surface area contributed by atoms with E-state index in [0.717, 1.165) is 12.8 Å². The van der Waals surface area contributed by atoms with Gasteiger partial charge in [-0.3, -0.25) is 0 Å². The second-order valence-electron chi connectivity index (χ2n) is 5.60. The highest BCUT2D eigenvalue weighted by molar-refractivity contribution is 5.82. The molecule has 0 bridgehead atoms. The van der Waals surface area contributed by atoms with Gasteiger partial charge in [-0.05, 0) is 18.3 Å². The SMILES string of the molecule is CC1(CNC(=O)N[C@H](CCO)C(=O)O)CCCCC1. The summed E-state index contributed by atoms with van der Waals surface area (Å²) in [5.74, 6) is -1.13. The molecule has 1 atom stereocenters. The van der Waals surface area contributed by atoms with E-state index in [4.69, 9.17) is 10.2 Å². The van der Waals surface area contributed by atoms with E-state index in [-0.39, 0.29) is 18.4 Å². The second kappa shape index (κ2) is 7.33. The summed E-state index contributed by atoms with van der Waals surface area (Å²) in [7, 11) is 0. The molecule has 0 spiro atoms. The minimum absolute atomic E-state index is 0.0139. The van der Waals surface area contributed by atoms with Crippen LogP contribution in [0, 0.1) is 5.41 Å². The first kappa shape index (κ1) is 15.8. The van der Waals surface area contributed by atoms with Crippen LogP contribution in [-0.2, 0) is 4.79 Å². The largest absolute Gasteiger partial charge is 0.480 e. The molecule has 1 rings (SSSR count). The van der Waals surface area contributed by atoms with Gasteiger partial charge in [0, 0.05) is 19.6 Å². The molecule has 0 unspecified atom stereocenters. The van der Waals surface area contributed by atoms with Crippen LogP contribution < -0.4 is 10.6 Å². The van der Waals surface area contributed by atoms with E-state index < -0.39 is 18.0 Å². The number of aliphatic carboxylic acids is 1. The smallest absolute Gasteiger partial charge is 0.326 e. The molecule has 19 heavy (non-hydrogen) atoms. The normalized spacial score (nSPS) is 19.5. The third kappa shape index (κ3) is 5.46. The number of nitrogens with one attached hydrogen (secondary N) is 2. The Morgan fingerprint density at radius 1 is 1.26 bits per heavy atom. The molecule has 0 saturated heterocycles. The maximum Gasteiger partial charge on any atom is 0.326 e. The van der Waals surface area contributed by atoms with Gasteiger partial charge in [0.25, 0.3) is 0 Å². The summed E-state index contributed by atoms with van der Waals surface area (Å²) in [5, 5.41) is 22.7. The van der Waals surface area contributed by atoms with Crippen molar-refractivity contribution in [3.8, 4) is 0 Å². The van der Waals surface area contributed by atoms with Gasteiger partial charge in [-0.25, -0.2) is 9.59 Å². The number of hydrogen-bond donors (Lipinski definition) is 4. The number of amides is 2. The highest BCUT2D eigenvalue weighted by Crippen LogP contribution is 2.34. The Balaban J connectivity index is 2.35. The maximum atomic E-state index is 11.7. The Morgan fingerprint density at radius 2 is 1.89 bits per heavy atom. The van der Waals surface area contributed by atoms with E-state index >= 15 is 0 Å². The molecule has 110 valence electrons. The molecule has 1 aliphatic carbocycles. The molecule has 0 aromatic carbocycles. The monoisotopic (exact) mass is 272 g/mol. The Kier molecular flexibility index (Phi) is 6.08. The average Bonchev–Trinajstić information content (AvgIpc) is 2.37. The molecule has 6 heteroatoms. The van der Waals surface area contributed by atoms with Crippen LogP contribution in [0.4, 0.5) is 4.79 Å². The van der Waals surface area contributed by atoms with Crippen molar-refractivity contribution in [2.45, 2.75) is 51.5 Å². The quantitative estimate of drug-likeness (QED) is 0.581. The van der Waals surface area contributed by atoms with Crippen molar-refractivity contribution in [3.63, 3.8) is 0 Å². The molecule has 4 N–H and O–H groups in total. The Hall–Kier alpha value is -1.30. The lowest BCUT2D eigenvalue weighted by Gasteiger charge is -2.33. The summed E-state index contributed by atoms with van der Waals surface area (Å²) >= 11 is 0. The molecular weight excluding hydrogens is 248 g/mol. The van der Waals surface area contributed by atoms with Gasteiger partial charge < -0.3 is 20.8 Å². The molecule has 0 aliphatic heterocycles. The van der Waals surface area contributed by atoms with E-state index in [0.29, 0.717) is 6.54 Å². The summed E-state index contributed by atoms with van der Waals surface area (Å²) < 4.78 is 0. The number of hydrogen-bond acceptors (Lipinski definition) is 3. The van der Waals surface area contributed by atoms with Gasteiger partial charge in [0.1, 0.15) is 6.04 Å². The lowest BCUT2D eigenvalue weighted by molar-refractivity contribution is -0.139. The van der Waals surface area contributed by atoms with Gasteiger partial charge in [0.05, 0.1) is 0 Å². The van der Waals surface area contributed by atoms with Gasteiger partial charge >= 0.3 is 12.0 Å². The van der Waals surface area contributed by atoms with Crippen molar-refractivity contribution < 1.29 is 19.8 Å². The van der Waals surface area contributed by atoms with Crippen molar-refractivity contribution in [2.75, 3.05) is 13.2 Å². The Labute approximate surface area is 113 Å². The van der Waals surface area contributed by atoms with Crippen molar-refractivity contribution in [3.05, 3.63) is 0 Å². The molecule has 0 radical (unpaired) electrons. The summed E-state index contributed by atoms with van der Waals surface area (Å²) in [4.78, 5) is 22.5. The van der Waals surface area contributed by atoms with Crippen LogP contribution >= 0.6 is 0 Å². The van der Waals surface area contributed by atoms with Crippen molar-refractivity contribution in [1.82, 2.24) is 10.6 Å². The van der Waals surface area contributed by atoms with Crippen LogP contribution in [0.15, 0.2) is 0 Å². The van der Waals surface area contributed by atoms with Crippen LogP contribution in [-0.4, -0.2) is 41.4 Å². The van der Waals surface area contributed by atoms with Gasteiger partial charge in [-0.2, -0.15) is 0 Å². The zero-order valence-electron chi connectivity index (χ0n) is 11.4. The van der Waals surface area contributed by atoms with E-state index in [2.05, 4.69) is 17.6 Å². The number of urea groups is 1. The minimum Gasteiger partial charge on any atom is -0.480 e. The van der Waals surface area contributed by atoms with E-state index in [1.165, 1.54) is 19.3 Å². The Morgan fingerprint density at radius 3 is 2.42 bits per heavy atom. The molecule has 0 aromatic rings. The van der Waals surface area contributed by atoms with Crippen molar-refractivity contribution in [2.24, 2.45) is 5.41 Å². The van der Waals surface area contributed by atoms with Crippen LogP contribution in [0.5, 0.6) is 0 Å². The first-order valence-corrected chi connectivity index (χ1v) is 6.85. The number of rotatable bonds is 6. The summed E-state index contributed by atoms with van der Waals surface area (Å²) in [6.07, 6.45) is 5.81. The van der Waals surface area contributed by atoms with E-state index in [9.17, 15) is 9.59 Å². The van der Waals surface area contributed by atoms with Crippen LogP contribution in [0.2, 0.25) is 0 Å². The molecule has 0 heterocycles. The first-order valence-electron chi connectivity index (χ1n) is 6.85. The standard InChI is InChI=1S/C13H24N2O4/c1-13(6-3-2-4-7-13)9-14-12(19)15-10(5-8-16)11(17)18/h10,16H,2-9H2,1H3,(H,17,18)(H2,14,15,19)/t10-/m1/s1. The third-order valence-corrected chi connectivity index (χ3v) is 3.76. The van der Waals surface area contributed by atoms with Crippen LogP contribution in [0.3, 0.4) is 0 Å². The third-order valence-electron chi connectivity index (χ3n) is 3.76. The van der Waals surface area contributed by atoms with E-state index in [1.54, 1.807) is 0 Å². The number of carbonyl (C=O) groups is 2. The highest BCUT2D eigenvalue weighted by atomic mass is 16.4. The van der Waals surface area contributed by atoms with Gasteiger partial charge in [-0.15, -0.1) is 0 Å². The predicted octanol–water partition coefficient (Wildman–Crippen LogP) is 1.09. The Bertz CT molecular complexity index is 314. The molecule has 1 aliphatic rings. The molecular formula is C13H24N2O4. The topological polar surface area (TPSA) is 98.7 Å². The number of carboxylic acids is 1. The number of carbonyl (C=O) groups excluding carboxylic acids is 1. The number of aliphatic hydroxyl groups excluding tert-OH is 1. The molecule has 1 fully saturated rings. The molecule has 6 nitrogen and oxygen atoms in total. The fourth-order valence-corrected chi connectivity index (χ4v) is 2.47. The fraction of sp³-hybridized carbons (Fsp3) is 0.846. The van der Waals surface area contributed by atoms with Gasteiger partial charge in [0.2, 0.25) is 0 Å². The zero-order valence-corrected chi connectivity index (χ0v) is 11.4. The molecule has 2 amide bonds. The maximum absolute atomic E-state index is 11.7.